The van der Waals surface area contributed by atoms with Crippen molar-refractivity contribution in [1.82, 2.24) is 19.9 Å². The van der Waals surface area contributed by atoms with Gasteiger partial charge in [-0.3, -0.25) is 29.5 Å². The maximum absolute atomic E-state index is 14.9. The molecular formula is C118H76Ir4N4O6P4S8-4. The van der Waals surface area contributed by atoms with E-state index in [1.807, 2.05) is 168 Å². The largest absolute Gasteiger partial charge is 0.512 e. The Bertz CT molecular complexity index is 7980. The molecule has 0 saturated carbocycles. The van der Waals surface area contributed by atoms with Gasteiger partial charge in [-0.15, -0.1) is 165 Å². The molecule has 0 fully saturated rings. The molecule has 4 unspecified atom stereocenters. The molecule has 8 aliphatic heterocycles. The molecule has 8 aliphatic rings. The third-order valence-corrected chi connectivity index (χ3v) is 47.3. The second kappa shape index (κ2) is 44.0. The molecular weight excluding hydrogens is 2720 g/mol. The molecule has 712 valence electrons. The molecule has 4 radical (unpaired) electrons. The molecule has 0 saturated heterocycles. The molecule has 10 nitrogen and oxygen atoms in total. The van der Waals surface area contributed by atoms with E-state index in [9.17, 15) is 18.7 Å². The number of carbonyl (C=O) groups is 2. The molecule has 20 aromatic rings. The Morgan fingerprint density at radius 2 is 0.486 bits per heavy atom. The Kier molecular flexibility index (Phi) is 31.4. The van der Waals surface area contributed by atoms with Crippen molar-refractivity contribution in [3.05, 3.63) is 412 Å². The van der Waals surface area contributed by atoms with Gasteiger partial charge in [0.2, 0.25) is 0 Å². The molecule has 2 N–H and O–H groups in total. The minimum absolute atomic E-state index is 0. The van der Waals surface area contributed by atoms with Crippen LogP contribution in [-0.4, -0.2) is 41.7 Å². The summed E-state index contributed by atoms with van der Waals surface area (Å²) in [7, 11) is -7.03. The van der Waals surface area contributed by atoms with Gasteiger partial charge in [-0.2, -0.15) is 0 Å². The second-order valence-corrected chi connectivity index (χ2v) is 51.7. The first-order valence-electron chi connectivity index (χ1n) is 45.0. The van der Waals surface area contributed by atoms with Gasteiger partial charge < -0.3 is 19.3 Å². The molecule has 0 bridgehead atoms. The van der Waals surface area contributed by atoms with Crippen molar-refractivity contribution in [1.29, 1.82) is 0 Å². The third-order valence-electron chi connectivity index (χ3n) is 24.3. The number of nitrogens with zero attached hydrogens (tertiary/aromatic N) is 4. The van der Waals surface area contributed by atoms with Crippen LogP contribution in [0.2, 0.25) is 0 Å². The van der Waals surface area contributed by atoms with Crippen LogP contribution in [0.5, 0.6) is 0 Å². The van der Waals surface area contributed by atoms with Crippen LogP contribution < -0.4 is 63.7 Å². The minimum Gasteiger partial charge on any atom is -0.512 e. The first-order valence-corrected chi connectivity index (χ1v) is 57.6. The van der Waals surface area contributed by atoms with Gasteiger partial charge in [0, 0.05) is 153 Å². The van der Waals surface area contributed by atoms with E-state index in [1.165, 1.54) is 122 Å². The van der Waals surface area contributed by atoms with E-state index in [0.717, 1.165) is 149 Å². The fourth-order valence-electron chi connectivity index (χ4n) is 18.3. The number of aliphatic hydroxyl groups excluding tert-OH is 2. The topological polar surface area (TPSA) is 160 Å². The molecule has 12 heterocycles. The summed E-state index contributed by atoms with van der Waals surface area (Å²) >= 11 is 14.2. The van der Waals surface area contributed by atoms with Crippen LogP contribution >= 0.6 is 124 Å². The summed E-state index contributed by atoms with van der Waals surface area (Å²) in [5.41, 5.74) is 11.8. The van der Waals surface area contributed by atoms with Crippen molar-refractivity contribution >= 4 is 243 Å². The van der Waals surface area contributed by atoms with Gasteiger partial charge in [0.1, 0.15) is 14.3 Å². The van der Waals surface area contributed by atoms with E-state index >= 15 is 0 Å². The number of hydrogen-bond acceptors (Lipinski definition) is 18. The van der Waals surface area contributed by atoms with Gasteiger partial charge >= 0.3 is 0 Å². The number of benzene rings is 16. The first-order chi connectivity index (χ1) is 68.4. The average Bonchev–Trinajstić information content (AvgIpc) is 0.711. The standard InChI is InChI=1S/2C27H15NOPS2.2C27H15NPS2.2C5H8O2.4Ir/c2*29-30-21-9-3-5-11-23(21)31-25-15-18(20-14-13-17-7-1-2-8-19(17)28-20)16-26(27(25)30)32-24-12-6-4-10-22(24)30;2*1-2-8-19-17(7-1)13-14-20(28-19)18-15-25-27-26(16-18)31-24-12-6-4-10-22(24)29(27)21-9-3-5-11-23(21)30-25;2*1-4(6)3-5(2)7;;;;/h2*1-15H;2*1-15H;2*3,6H,1-2H3;;;;/q4*-1;;;;;;. The average molecular weight is 2800 g/mol. The molecule has 4 aromatic heterocycles. The van der Waals surface area contributed by atoms with Gasteiger partial charge in [0.25, 0.3) is 0 Å². The van der Waals surface area contributed by atoms with Crippen molar-refractivity contribution < 1.29 is 109 Å². The maximum atomic E-state index is 14.9. The third kappa shape index (κ3) is 19.9. The molecule has 144 heavy (non-hydrogen) atoms. The van der Waals surface area contributed by atoms with Gasteiger partial charge in [-0.05, 0) is 177 Å². The molecule has 0 aliphatic carbocycles. The minimum atomic E-state index is -2.96. The van der Waals surface area contributed by atoms with Crippen LogP contribution in [0, 0.1) is 24.3 Å². The summed E-state index contributed by atoms with van der Waals surface area (Å²) in [5, 5.41) is 35.7. The van der Waals surface area contributed by atoms with Crippen LogP contribution in [0.25, 0.3) is 88.6 Å². The Labute approximate surface area is 925 Å². The summed E-state index contributed by atoms with van der Waals surface area (Å²) in [5.74, 6) is -0.125. The predicted molar refractivity (Wildman–Crippen MR) is 587 cm³/mol. The molecule has 26 heteroatoms. The summed E-state index contributed by atoms with van der Waals surface area (Å²) < 4.78 is 29.8. The molecule has 0 amide bonds. The monoisotopic (exact) mass is 2800 g/mol. The second-order valence-electron chi connectivity index (χ2n) is 33.7. The molecule has 0 spiro atoms. The Morgan fingerprint density at radius 1 is 0.264 bits per heavy atom. The number of para-hydroxylation sites is 4. The van der Waals surface area contributed by atoms with E-state index < -0.39 is 30.1 Å². The Hall–Kier alpha value is -9.70. The zero-order valence-electron chi connectivity index (χ0n) is 76.5. The van der Waals surface area contributed by atoms with Crippen molar-refractivity contribution in [2.24, 2.45) is 0 Å². The number of allylic oxidation sites excluding steroid dienone is 4. The van der Waals surface area contributed by atoms with Crippen molar-refractivity contribution in [3.8, 4) is 45.0 Å². The number of pyridine rings is 4. The predicted octanol–water partition coefficient (Wildman–Crippen LogP) is 27.4. The van der Waals surface area contributed by atoms with Gasteiger partial charge in [0.15, 0.2) is 11.6 Å². The van der Waals surface area contributed by atoms with E-state index in [1.54, 1.807) is 47.0 Å². The number of ketones is 2. The summed E-state index contributed by atoms with van der Waals surface area (Å²) in [6.07, 6.45) is 2.33. The zero-order chi connectivity index (χ0) is 95.0. The van der Waals surface area contributed by atoms with Crippen LogP contribution in [-0.2, 0) is 99.1 Å². The van der Waals surface area contributed by atoms with Crippen LogP contribution in [0.1, 0.15) is 27.7 Å². The number of aliphatic hydroxyl groups is 2. The summed E-state index contributed by atoms with van der Waals surface area (Å²) in [6, 6.07) is 141. The Balaban J connectivity index is 0.000000115. The number of rotatable bonds is 6. The van der Waals surface area contributed by atoms with E-state index in [-0.39, 0.29) is 104 Å². The van der Waals surface area contributed by atoms with Gasteiger partial charge in [-0.25, -0.2) is 0 Å². The van der Waals surface area contributed by atoms with Crippen LogP contribution in [0.3, 0.4) is 0 Å². The Morgan fingerprint density at radius 3 is 0.764 bits per heavy atom. The fraction of sp³-hybridized carbons (Fsp3) is 0.0339. The molecule has 28 rings (SSSR count). The summed E-state index contributed by atoms with van der Waals surface area (Å²) in [6.45, 7) is 5.70. The van der Waals surface area contributed by atoms with Crippen molar-refractivity contribution in [2.45, 2.75) is 106 Å². The SMILES string of the molecule is CC(=O)C=C(C)O.CC(=O)C=C(C)O.O=P12c3ccccc3Sc3[c-]c(-c4ccc5ccccc5n4)cc(c31)Sc1ccccc12.O=P12c3ccccc3Sc3[c-]c(-c4ccc5ccccc5n4)cc(c31)Sc1ccccc12.[Ir].[Ir].[Ir].[Ir].[c-]1c(-c2ccc3ccccc3n2)cc2c3c1Sc1ccccc1P3c1ccccc1S2.[c-]1c(-c2ccc3ccccc3n2)cc2c3c1Sc1ccccc1P3c1ccccc1S2. The number of carbonyl (C=O) groups excluding carboxylic acids is 2. The van der Waals surface area contributed by atoms with Crippen molar-refractivity contribution in [2.75, 3.05) is 0 Å². The smallest absolute Gasteiger partial charge is 0.155 e. The number of fused-ring (bicyclic) bond motifs is 20. The van der Waals surface area contributed by atoms with Crippen molar-refractivity contribution in [3.63, 3.8) is 0 Å². The number of hydrogen-bond donors (Lipinski definition) is 2. The molecule has 4 atom stereocenters. The van der Waals surface area contributed by atoms with Crippen LogP contribution in [0.15, 0.2) is 466 Å². The molecule has 16 aromatic carbocycles. The fourth-order valence-corrected chi connectivity index (χ4v) is 43.7. The van der Waals surface area contributed by atoms with E-state index in [4.69, 9.17) is 30.1 Å². The maximum Gasteiger partial charge on any atom is 0.155 e. The van der Waals surface area contributed by atoms with Gasteiger partial charge in [-0.1, -0.05) is 333 Å². The zero-order valence-corrected chi connectivity index (χ0v) is 96.2. The quantitative estimate of drug-likeness (QED) is 0.0700. The van der Waals surface area contributed by atoms with E-state index in [2.05, 4.69) is 267 Å². The van der Waals surface area contributed by atoms with E-state index in [0.29, 0.717) is 0 Å². The normalized spacial score (nSPS) is 15.9. The summed E-state index contributed by atoms with van der Waals surface area (Å²) in [4.78, 5) is 58.7. The first kappa shape index (κ1) is 103. The van der Waals surface area contributed by atoms with Gasteiger partial charge in [0.05, 0.1) is 33.6 Å². The van der Waals surface area contributed by atoms with Crippen LogP contribution in [0.4, 0.5) is 0 Å². The number of aromatic nitrogens is 4.